The van der Waals surface area contributed by atoms with Crippen LogP contribution in [0.1, 0.15) is 16.7 Å². The van der Waals surface area contributed by atoms with E-state index in [1.807, 2.05) is 0 Å². The molecule has 13 heavy (non-hydrogen) atoms. The van der Waals surface area contributed by atoms with Gasteiger partial charge in [-0.1, -0.05) is 17.7 Å². The van der Waals surface area contributed by atoms with E-state index in [1.165, 1.54) is 29.0 Å². The molecule has 0 amide bonds. The second-order valence-corrected chi connectivity index (χ2v) is 8.72. The van der Waals surface area contributed by atoms with E-state index in [4.69, 9.17) is 0 Å². The molecule has 0 spiro atoms. The van der Waals surface area contributed by atoms with Gasteiger partial charge in [0.05, 0.1) is 31.6 Å². The van der Waals surface area contributed by atoms with Gasteiger partial charge in [-0.2, -0.15) is 0 Å². The van der Waals surface area contributed by atoms with Gasteiger partial charge in [-0.15, -0.1) is 0 Å². The van der Waals surface area contributed by atoms with Crippen molar-refractivity contribution >= 4 is 12.6 Å². The highest BCUT2D eigenvalue weighted by Gasteiger charge is 2.50. The van der Waals surface area contributed by atoms with Crippen molar-refractivity contribution in [3.8, 4) is 0 Å². The molecule has 0 N–H and O–H groups in total. The van der Waals surface area contributed by atoms with Gasteiger partial charge in [-0.05, 0) is 31.9 Å². The lowest BCUT2D eigenvalue weighted by Crippen LogP contribution is -2.10. The second kappa shape index (κ2) is 2.82. The maximum absolute atomic E-state index is 2.50. The molecule has 1 fully saturated rings. The van der Waals surface area contributed by atoms with Gasteiger partial charge < -0.3 is 0 Å². The molecule has 0 aromatic heterocycles. The summed E-state index contributed by atoms with van der Waals surface area (Å²) in [5.74, 6) is 0. The van der Waals surface area contributed by atoms with E-state index in [0.717, 1.165) is 0 Å². The average Bonchev–Trinajstić information content (AvgIpc) is 2.65. The molecule has 1 saturated heterocycles. The Balaban J connectivity index is 2.57. The molecule has 2 rings (SSSR count). The number of rotatable bonds is 1. The van der Waals surface area contributed by atoms with Crippen LogP contribution in [0, 0.1) is 20.8 Å². The first-order valence-corrected chi connectivity index (χ1v) is 7.56. The van der Waals surface area contributed by atoms with Crippen molar-refractivity contribution in [3.63, 3.8) is 0 Å². The van der Waals surface area contributed by atoms with Crippen molar-refractivity contribution in [1.29, 1.82) is 0 Å². The number of hydrogen-bond donors (Lipinski definition) is 0. The van der Waals surface area contributed by atoms with Crippen LogP contribution in [0.25, 0.3) is 0 Å². The molecule has 0 unspecified atom stereocenters. The molecule has 1 aromatic carbocycles. The fourth-order valence-electron chi connectivity index (χ4n) is 2.40. The zero-order valence-electron chi connectivity index (χ0n) is 9.02. The molecule has 1 aliphatic rings. The predicted molar refractivity (Wildman–Crippen MR) is 62.9 cm³/mol. The first-order chi connectivity index (χ1) is 6.03. The highest BCUT2D eigenvalue weighted by atomic mass is 31.2. The van der Waals surface area contributed by atoms with Gasteiger partial charge in [0.15, 0.2) is 0 Å². The molecule has 0 atom stereocenters. The highest BCUT2D eigenvalue weighted by molar-refractivity contribution is 7.88. The van der Waals surface area contributed by atoms with E-state index in [0.29, 0.717) is 0 Å². The fraction of sp³-hybridized carbons (Fsp3) is 0.500. The van der Waals surface area contributed by atoms with Gasteiger partial charge in [-0.3, -0.25) is 0 Å². The Labute approximate surface area is 81.7 Å². The Hall–Kier alpha value is -0.350. The van der Waals surface area contributed by atoms with E-state index in [1.54, 1.807) is 5.30 Å². The summed E-state index contributed by atoms with van der Waals surface area (Å²) in [5.41, 5.74) is 4.48. The summed E-state index contributed by atoms with van der Waals surface area (Å²) >= 11 is 0. The van der Waals surface area contributed by atoms with Gasteiger partial charge in [0.1, 0.15) is 0 Å². The Bertz CT molecular complexity index is 325. The van der Waals surface area contributed by atoms with E-state index in [2.05, 4.69) is 39.6 Å². The predicted octanol–water partition coefficient (Wildman–Crippen LogP) is 2.90. The Morgan fingerprint density at radius 2 is 1.46 bits per heavy atom. The molecule has 1 aliphatic heterocycles. The Kier molecular flexibility index (Phi) is 2.00. The van der Waals surface area contributed by atoms with Crippen LogP contribution < -0.4 is 5.30 Å². The third kappa shape index (κ3) is 1.53. The zero-order valence-corrected chi connectivity index (χ0v) is 9.91. The lowest BCUT2D eigenvalue weighted by molar-refractivity contribution is 1.35. The normalized spacial score (nSPS) is 18.8. The van der Waals surface area contributed by atoms with Crippen molar-refractivity contribution in [2.45, 2.75) is 20.8 Å². The van der Waals surface area contributed by atoms with Gasteiger partial charge in [0, 0.05) is 0 Å². The Morgan fingerprint density at radius 3 is 1.85 bits per heavy atom. The van der Waals surface area contributed by atoms with Crippen LogP contribution in [0.15, 0.2) is 12.1 Å². The van der Waals surface area contributed by atoms with Gasteiger partial charge in [0.2, 0.25) is 0 Å². The van der Waals surface area contributed by atoms with Crippen LogP contribution in [0.4, 0.5) is 0 Å². The highest BCUT2D eigenvalue weighted by Crippen LogP contribution is 2.68. The van der Waals surface area contributed by atoms with Gasteiger partial charge in [0.25, 0.3) is 0 Å². The van der Waals surface area contributed by atoms with Crippen LogP contribution in [0.5, 0.6) is 0 Å². The van der Waals surface area contributed by atoms with E-state index >= 15 is 0 Å². The summed E-state index contributed by atoms with van der Waals surface area (Å²) in [6.07, 6.45) is 2.97. The SMILES string of the molecule is Cc1cc(C)c([P+]2(C)CC2)c(C)c1. The maximum Gasteiger partial charge on any atom is 0.0997 e. The summed E-state index contributed by atoms with van der Waals surface area (Å²) in [6, 6.07) is 4.68. The third-order valence-corrected chi connectivity index (χ3v) is 6.64. The van der Waals surface area contributed by atoms with Gasteiger partial charge in [-0.25, -0.2) is 0 Å². The van der Waals surface area contributed by atoms with Crippen LogP contribution >= 0.6 is 7.26 Å². The van der Waals surface area contributed by atoms with Crippen molar-refractivity contribution in [1.82, 2.24) is 0 Å². The minimum Gasteiger partial charge on any atom is -0.0524 e. The summed E-state index contributed by atoms with van der Waals surface area (Å²) in [6.45, 7) is 9.24. The standard InChI is InChI=1S/C12H18P/c1-9-7-10(2)12(11(3)8-9)13(4)5-6-13/h7-8H,5-6H2,1-4H3/q+1. The smallest absolute Gasteiger partial charge is 0.0524 e. The summed E-state index contributed by atoms with van der Waals surface area (Å²) < 4.78 is 0. The minimum absolute atomic E-state index is 0.613. The quantitative estimate of drug-likeness (QED) is 0.601. The molecular weight excluding hydrogens is 175 g/mol. The molecule has 1 aromatic rings. The second-order valence-electron chi connectivity index (χ2n) is 4.59. The van der Waals surface area contributed by atoms with Crippen LogP contribution in [-0.4, -0.2) is 19.0 Å². The summed E-state index contributed by atoms with van der Waals surface area (Å²) in [7, 11) is -0.613. The van der Waals surface area contributed by atoms with E-state index < -0.39 is 7.26 Å². The molecule has 1 heterocycles. The molecule has 1 heteroatoms. The fourth-order valence-corrected chi connectivity index (χ4v) is 5.88. The first kappa shape index (κ1) is 9.21. The van der Waals surface area contributed by atoms with Crippen LogP contribution in [-0.2, 0) is 0 Å². The number of hydrogen-bond acceptors (Lipinski definition) is 0. The molecule has 0 radical (unpaired) electrons. The van der Waals surface area contributed by atoms with Crippen molar-refractivity contribution in [2.24, 2.45) is 0 Å². The van der Waals surface area contributed by atoms with E-state index in [-0.39, 0.29) is 0 Å². The van der Waals surface area contributed by atoms with E-state index in [9.17, 15) is 0 Å². The number of aryl methyl sites for hydroxylation is 3. The number of benzene rings is 1. The van der Waals surface area contributed by atoms with Crippen molar-refractivity contribution in [2.75, 3.05) is 19.0 Å². The largest absolute Gasteiger partial charge is 0.0997 e. The van der Waals surface area contributed by atoms with Crippen LogP contribution in [0.3, 0.4) is 0 Å². The van der Waals surface area contributed by atoms with Crippen LogP contribution in [0.2, 0.25) is 0 Å². The van der Waals surface area contributed by atoms with Crippen molar-refractivity contribution < 1.29 is 0 Å². The van der Waals surface area contributed by atoms with Gasteiger partial charge >= 0.3 is 0 Å². The topological polar surface area (TPSA) is 0 Å². The lowest BCUT2D eigenvalue weighted by Gasteiger charge is -2.10. The third-order valence-electron chi connectivity index (χ3n) is 3.07. The molecule has 0 aliphatic carbocycles. The molecule has 0 bridgehead atoms. The van der Waals surface area contributed by atoms with Crippen molar-refractivity contribution in [3.05, 3.63) is 28.8 Å². The molecular formula is C12H18P+. The first-order valence-electron chi connectivity index (χ1n) is 4.96. The molecule has 0 saturated carbocycles. The lowest BCUT2D eigenvalue weighted by atomic mass is 10.1. The zero-order chi connectivity index (χ0) is 9.64. The summed E-state index contributed by atoms with van der Waals surface area (Å²) in [4.78, 5) is 0. The monoisotopic (exact) mass is 193 g/mol. The Morgan fingerprint density at radius 1 is 1.00 bits per heavy atom. The maximum atomic E-state index is 2.50. The average molecular weight is 193 g/mol. The summed E-state index contributed by atoms with van der Waals surface area (Å²) in [5, 5.41) is 1.72. The molecule has 0 nitrogen and oxygen atoms in total. The minimum atomic E-state index is -0.613. The molecule has 70 valence electrons.